The fourth-order valence-electron chi connectivity index (χ4n) is 2.28. The molecule has 2 rings (SSSR count). The Balaban J connectivity index is 1.88. The molecule has 0 aliphatic rings. The van der Waals surface area contributed by atoms with E-state index in [-0.39, 0.29) is 24.4 Å². The van der Waals surface area contributed by atoms with E-state index in [2.05, 4.69) is 21.2 Å². The largest absolute Gasteiger partial charge is 0.484 e. The van der Waals surface area contributed by atoms with Crippen LogP contribution in [0, 0.1) is 5.82 Å². The second-order valence-corrected chi connectivity index (χ2v) is 6.50. The predicted molar refractivity (Wildman–Crippen MR) is 95.5 cm³/mol. The van der Waals surface area contributed by atoms with Gasteiger partial charge in [0.2, 0.25) is 0 Å². The molecule has 1 unspecified atom stereocenters. The van der Waals surface area contributed by atoms with Gasteiger partial charge in [-0.15, -0.1) is 0 Å². The van der Waals surface area contributed by atoms with Crippen molar-refractivity contribution in [2.24, 2.45) is 0 Å². The molecule has 6 heteroatoms. The molecule has 0 radical (unpaired) electrons. The van der Waals surface area contributed by atoms with Gasteiger partial charge >= 0.3 is 0 Å². The first-order valence-corrected chi connectivity index (χ1v) is 8.32. The van der Waals surface area contributed by atoms with Gasteiger partial charge in [-0.2, -0.15) is 0 Å². The highest BCUT2D eigenvalue weighted by Gasteiger charge is 2.16. The van der Waals surface area contributed by atoms with Gasteiger partial charge in [0.05, 0.1) is 6.04 Å². The summed E-state index contributed by atoms with van der Waals surface area (Å²) in [6.45, 7) is 0.302. The number of nitrogens with one attached hydrogen (secondary N) is 1. The first kappa shape index (κ1) is 18.4. The Bertz CT molecular complexity index is 694. The molecule has 2 aromatic rings. The SMILES string of the molecule is CN(C)C(CNC(=O)COc1cccc(Br)c1)c1cccc(F)c1. The van der Waals surface area contributed by atoms with Crippen LogP contribution in [0.15, 0.2) is 53.0 Å². The van der Waals surface area contributed by atoms with Crippen LogP contribution >= 0.6 is 15.9 Å². The smallest absolute Gasteiger partial charge is 0.258 e. The lowest BCUT2D eigenvalue weighted by molar-refractivity contribution is -0.123. The highest BCUT2D eigenvalue weighted by Crippen LogP contribution is 2.19. The molecule has 0 fully saturated rings. The number of likely N-dealkylation sites (N-methyl/N-ethyl adjacent to an activating group) is 1. The van der Waals surface area contributed by atoms with Crippen molar-refractivity contribution in [3.05, 3.63) is 64.4 Å². The molecule has 1 amide bonds. The summed E-state index contributed by atoms with van der Waals surface area (Å²) in [7, 11) is 3.78. The number of ether oxygens (including phenoxy) is 1. The van der Waals surface area contributed by atoms with Crippen LogP contribution in [-0.2, 0) is 4.79 Å². The zero-order valence-electron chi connectivity index (χ0n) is 13.6. The standard InChI is InChI=1S/C18H20BrFN2O2/c1-22(2)17(13-5-3-7-15(20)9-13)11-21-18(23)12-24-16-8-4-6-14(19)10-16/h3-10,17H,11-12H2,1-2H3,(H,21,23). The molecule has 2 aromatic carbocycles. The van der Waals surface area contributed by atoms with Crippen LogP contribution in [0.5, 0.6) is 5.75 Å². The first-order chi connectivity index (χ1) is 11.5. The molecule has 1 atom stereocenters. The van der Waals surface area contributed by atoms with E-state index in [1.165, 1.54) is 12.1 Å². The minimum Gasteiger partial charge on any atom is -0.484 e. The van der Waals surface area contributed by atoms with Crippen molar-refractivity contribution in [2.45, 2.75) is 6.04 Å². The highest BCUT2D eigenvalue weighted by molar-refractivity contribution is 9.10. The van der Waals surface area contributed by atoms with Crippen LogP contribution in [0.4, 0.5) is 4.39 Å². The number of benzene rings is 2. The van der Waals surface area contributed by atoms with Crippen molar-refractivity contribution in [2.75, 3.05) is 27.2 Å². The zero-order chi connectivity index (χ0) is 17.5. The summed E-state index contributed by atoms with van der Waals surface area (Å²) in [5.41, 5.74) is 0.813. The van der Waals surface area contributed by atoms with Crippen LogP contribution in [0.1, 0.15) is 11.6 Å². The van der Waals surface area contributed by atoms with Gasteiger partial charge in [0, 0.05) is 11.0 Å². The molecular weight excluding hydrogens is 375 g/mol. The number of carbonyl (C=O) groups excluding carboxylic acids is 1. The summed E-state index contributed by atoms with van der Waals surface area (Å²) in [6, 6.07) is 13.6. The number of hydrogen-bond donors (Lipinski definition) is 1. The summed E-state index contributed by atoms with van der Waals surface area (Å²) in [6.07, 6.45) is 0. The maximum Gasteiger partial charge on any atom is 0.258 e. The number of amides is 1. The van der Waals surface area contributed by atoms with Crippen LogP contribution in [-0.4, -0.2) is 38.1 Å². The summed E-state index contributed by atoms with van der Waals surface area (Å²) in [5, 5.41) is 2.83. The van der Waals surface area contributed by atoms with Gasteiger partial charge in [0.15, 0.2) is 6.61 Å². The van der Waals surface area contributed by atoms with E-state index in [1.54, 1.807) is 18.2 Å². The average Bonchev–Trinajstić information content (AvgIpc) is 2.53. The summed E-state index contributed by atoms with van der Waals surface area (Å²) in [4.78, 5) is 13.9. The molecule has 0 aliphatic heterocycles. The van der Waals surface area contributed by atoms with E-state index in [0.29, 0.717) is 12.3 Å². The highest BCUT2D eigenvalue weighted by atomic mass is 79.9. The fraction of sp³-hybridized carbons (Fsp3) is 0.278. The minimum atomic E-state index is -0.288. The molecule has 0 aliphatic carbocycles. The van der Waals surface area contributed by atoms with Gasteiger partial charge in [-0.05, 0) is 50.0 Å². The number of rotatable bonds is 7. The minimum absolute atomic E-state index is 0.0697. The van der Waals surface area contributed by atoms with Gasteiger partial charge in [0.25, 0.3) is 5.91 Å². The number of hydrogen-bond acceptors (Lipinski definition) is 3. The van der Waals surface area contributed by atoms with E-state index in [1.807, 2.05) is 37.2 Å². The molecule has 1 N–H and O–H groups in total. The maximum absolute atomic E-state index is 13.4. The zero-order valence-corrected chi connectivity index (χ0v) is 15.2. The van der Waals surface area contributed by atoms with Gasteiger partial charge in [-0.25, -0.2) is 4.39 Å². The van der Waals surface area contributed by atoms with Crippen molar-refractivity contribution in [3.63, 3.8) is 0 Å². The molecule has 0 saturated carbocycles. The molecule has 0 heterocycles. The van der Waals surface area contributed by atoms with Crippen molar-refractivity contribution in [3.8, 4) is 5.75 Å². The molecule has 0 saturated heterocycles. The fourth-order valence-corrected chi connectivity index (χ4v) is 2.66. The van der Waals surface area contributed by atoms with Gasteiger partial charge in [0.1, 0.15) is 11.6 Å². The lowest BCUT2D eigenvalue weighted by Crippen LogP contribution is -2.36. The van der Waals surface area contributed by atoms with Gasteiger partial charge < -0.3 is 15.0 Å². The van der Waals surface area contributed by atoms with Gasteiger partial charge in [-0.1, -0.05) is 34.1 Å². The quantitative estimate of drug-likeness (QED) is 0.782. The van der Waals surface area contributed by atoms with Crippen LogP contribution in [0.25, 0.3) is 0 Å². The van der Waals surface area contributed by atoms with E-state index in [0.717, 1.165) is 10.0 Å². The molecule has 24 heavy (non-hydrogen) atoms. The van der Waals surface area contributed by atoms with Crippen molar-refractivity contribution in [1.29, 1.82) is 0 Å². The van der Waals surface area contributed by atoms with Crippen LogP contribution in [0.2, 0.25) is 0 Å². The molecule has 0 aromatic heterocycles. The molecule has 4 nitrogen and oxygen atoms in total. The summed E-state index contributed by atoms with van der Waals surface area (Å²) < 4.78 is 19.7. The normalized spacial score (nSPS) is 12.0. The Kier molecular flexibility index (Phi) is 6.75. The topological polar surface area (TPSA) is 41.6 Å². The third-order valence-corrected chi connectivity index (χ3v) is 4.01. The molecule has 0 bridgehead atoms. The molecule has 128 valence electrons. The van der Waals surface area contributed by atoms with Gasteiger partial charge in [-0.3, -0.25) is 4.79 Å². The molecular formula is C18H20BrFN2O2. The van der Waals surface area contributed by atoms with E-state index < -0.39 is 0 Å². The van der Waals surface area contributed by atoms with Crippen molar-refractivity contribution >= 4 is 21.8 Å². The summed E-state index contributed by atoms with van der Waals surface area (Å²) >= 11 is 3.35. The third kappa shape index (κ3) is 5.62. The van der Waals surface area contributed by atoms with E-state index in [4.69, 9.17) is 4.74 Å². The maximum atomic E-state index is 13.4. The predicted octanol–water partition coefficient (Wildman–Crippen LogP) is 3.39. The Labute approximate surface area is 149 Å². The second kappa shape index (κ2) is 8.80. The number of carbonyl (C=O) groups is 1. The van der Waals surface area contributed by atoms with E-state index in [9.17, 15) is 9.18 Å². The Morgan fingerprint density at radius 1 is 1.25 bits per heavy atom. The Hall–Kier alpha value is -1.92. The number of nitrogens with zero attached hydrogens (tertiary/aromatic N) is 1. The number of halogens is 2. The average molecular weight is 395 g/mol. The lowest BCUT2D eigenvalue weighted by Gasteiger charge is -2.25. The third-order valence-electron chi connectivity index (χ3n) is 3.52. The monoisotopic (exact) mass is 394 g/mol. The lowest BCUT2D eigenvalue weighted by atomic mass is 10.1. The van der Waals surface area contributed by atoms with E-state index >= 15 is 0 Å². The van der Waals surface area contributed by atoms with Crippen LogP contribution < -0.4 is 10.1 Å². The Morgan fingerprint density at radius 3 is 2.67 bits per heavy atom. The second-order valence-electron chi connectivity index (χ2n) is 5.58. The first-order valence-electron chi connectivity index (χ1n) is 7.52. The van der Waals surface area contributed by atoms with Crippen LogP contribution in [0.3, 0.4) is 0 Å². The Morgan fingerprint density at radius 2 is 2.00 bits per heavy atom. The van der Waals surface area contributed by atoms with Crippen molar-refractivity contribution in [1.82, 2.24) is 10.2 Å². The molecule has 0 spiro atoms. The summed E-state index contributed by atoms with van der Waals surface area (Å²) in [5.74, 6) is 0.107. The van der Waals surface area contributed by atoms with Crippen molar-refractivity contribution < 1.29 is 13.9 Å².